The first-order valence-electron chi connectivity index (χ1n) is 6.61. The van der Waals surface area contributed by atoms with Crippen molar-refractivity contribution in [2.24, 2.45) is 5.41 Å². The molecular formula is C15H20FNO2. The number of hydrogen-bond acceptors (Lipinski definition) is 3. The Hall–Kier alpha value is -1.26. The number of nitrogens with zero attached hydrogens (tertiary/aromatic N) is 1. The molecule has 104 valence electrons. The molecule has 0 unspecified atom stereocenters. The summed E-state index contributed by atoms with van der Waals surface area (Å²) in [4.78, 5) is 13.4. The molecule has 0 N–H and O–H groups in total. The van der Waals surface area contributed by atoms with Gasteiger partial charge >= 0.3 is 0 Å². The second kappa shape index (κ2) is 6.26. The van der Waals surface area contributed by atoms with E-state index in [2.05, 4.69) is 0 Å². The Morgan fingerprint density at radius 2 is 2.05 bits per heavy atom. The van der Waals surface area contributed by atoms with E-state index in [0.29, 0.717) is 31.9 Å². The van der Waals surface area contributed by atoms with Gasteiger partial charge in [0, 0.05) is 37.3 Å². The second-order valence-electron chi connectivity index (χ2n) is 5.36. The Kier molecular flexibility index (Phi) is 4.66. The van der Waals surface area contributed by atoms with Crippen molar-refractivity contribution in [1.82, 2.24) is 4.90 Å². The molecule has 2 rings (SSSR count). The molecular weight excluding hydrogens is 245 g/mol. The van der Waals surface area contributed by atoms with Gasteiger partial charge in [0.25, 0.3) is 0 Å². The van der Waals surface area contributed by atoms with E-state index in [-0.39, 0.29) is 11.2 Å². The van der Waals surface area contributed by atoms with E-state index < -0.39 is 0 Å². The highest BCUT2D eigenvalue weighted by Gasteiger charge is 2.33. The Morgan fingerprint density at radius 1 is 1.37 bits per heavy atom. The maximum Gasteiger partial charge on any atom is 0.127 e. The van der Waals surface area contributed by atoms with Crippen LogP contribution in [0.2, 0.25) is 0 Å². The second-order valence-corrected chi connectivity index (χ2v) is 5.36. The minimum Gasteiger partial charge on any atom is -0.381 e. The number of rotatable bonds is 5. The van der Waals surface area contributed by atoms with Crippen molar-refractivity contribution in [3.63, 3.8) is 0 Å². The minimum atomic E-state index is -0.335. The molecule has 0 spiro atoms. The smallest absolute Gasteiger partial charge is 0.127 e. The van der Waals surface area contributed by atoms with Crippen molar-refractivity contribution in [3.8, 4) is 0 Å². The van der Waals surface area contributed by atoms with E-state index in [1.807, 2.05) is 18.0 Å². The summed E-state index contributed by atoms with van der Waals surface area (Å²) in [5.74, 6) is -0.193. The van der Waals surface area contributed by atoms with Crippen LogP contribution in [-0.2, 0) is 16.1 Å². The lowest BCUT2D eigenvalue weighted by Gasteiger charge is -2.35. The summed E-state index contributed by atoms with van der Waals surface area (Å²) in [5, 5.41) is 0. The van der Waals surface area contributed by atoms with Crippen LogP contribution in [0.25, 0.3) is 0 Å². The average Bonchev–Trinajstić information content (AvgIpc) is 2.42. The first kappa shape index (κ1) is 14.2. The quantitative estimate of drug-likeness (QED) is 0.765. The molecule has 1 heterocycles. The lowest BCUT2D eigenvalue weighted by Crippen LogP contribution is -2.41. The van der Waals surface area contributed by atoms with Gasteiger partial charge in [0.1, 0.15) is 12.1 Å². The zero-order chi connectivity index (χ0) is 13.7. The highest BCUT2D eigenvalue weighted by atomic mass is 19.1. The molecule has 0 aromatic heterocycles. The molecule has 1 aliphatic heterocycles. The molecule has 0 saturated carbocycles. The molecule has 0 amide bonds. The number of hydrogen-bond donors (Lipinski definition) is 0. The molecule has 1 saturated heterocycles. The summed E-state index contributed by atoms with van der Waals surface area (Å²) in [6.45, 7) is 2.43. The Morgan fingerprint density at radius 3 is 2.68 bits per heavy atom. The third-order valence-electron chi connectivity index (χ3n) is 3.72. The van der Waals surface area contributed by atoms with Gasteiger partial charge in [-0.15, -0.1) is 0 Å². The number of carbonyl (C=O) groups is 1. The van der Waals surface area contributed by atoms with E-state index in [1.165, 1.54) is 6.07 Å². The molecule has 19 heavy (non-hydrogen) atoms. The topological polar surface area (TPSA) is 29.5 Å². The predicted octanol–water partition coefficient (Wildman–Crippen LogP) is 2.25. The van der Waals surface area contributed by atoms with Crippen molar-refractivity contribution in [3.05, 3.63) is 35.6 Å². The summed E-state index contributed by atoms with van der Waals surface area (Å²) in [5.41, 5.74) is 0.330. The summed E-state index contributed by atoms with van der Waals surface area (Å²) >= 11 is 0. The minimum absolute atomic E-state index is 0.193. The first-order chi connectivity index (χ1) is 9.15. The maximum atomic E-state index is 13.6. The molecule has 0 bridgehead atoms. The molecule has 0 atom stereocenters. The average molecular weight is 265 g/mol. The van der Waals surface area contributed by atoms with Gasteiger partial charge in [0.15, 0.2) is 0 Å². The molecule has 4 heteroatoms. The van der Waals surface area contributed by atoms with Crippen LogP contribution in [0.4, 0.5) is 4.39 Å². The third-order valence-corrected chi connectivity index (χ3v) is 3.72. The fraction of sp³-hybridized carbons (Fsp3) is 0.533. The summed E-state index contributed by atoms with van der Waals surface area (Å²) in [7, 11) is 1.92. The molecule has 3 nitrogen and oxygen atoms in total. The van der Waals surface area contributed by atoms with Crippen LogP contribution in [-0.4, -0.2) is 38.0 Å². The van der Waals surface area contributed by atoms with Gasteiger partial charge in [-0.05, 0) is 26.0 Å². The van der Waals surface area contributed by atoms with Crippen LogP contribution >= 0.6 is 0 Å². The Balaban J connectivity index is 1.98. The predicted molar refractivity (Wildman–Crippen MR) is 71.3 cm³/mol. The van der Waals surface area contributed by atoms with Crippen LogP contribution in [0.3, 0.4) is 0 Å². The van der Waals surface area contributed by atoms with Crippen molar-refractivity contribution < 1.29 is 13.9 Å². The number of ether oxygens (including phenoxy) is 1. The van der Waals surface area contributed by atoms with Gasteiger partial charge in [-0.1, -0.05) is 18.2 Å². The van der Waals surface area contributed by atoms with Gasteiger partial charge in [-0.3, -0.25) is 0 Å². The molecule has 1 aromatic carbocycles. The van der Waals surface area contributed by atoms with E-state index in [4.69, 9.17) is 4.74 Å². The number of halogens is 1. The maximum absolute atomic E-state index is 13.6. The highest BCUT2D eigenvalue weighted by molar-refractivity contribution is 5.60. The van der Waals surface area contributed by atoms with Gasteiger partial charge in [-0.25, -0.2) is 4.39 Å². The van der Waals surface area contributed by atoms with Crippen LogP contribution in [0, 0.1) is 11.2 Å². The molecule has 0 radical (unpaired) electrons. The van der Waals surface area contributed by atoms with E-state index in [0.717, 1.165) is 19.1 Å². The summed E-state index contributed by atoms with van der Waals surface area (Å²) in [6, 6.07) is 6.76. The van der Waals surface area contributed by atoms with E-state index in [1.54, 1.807) is 12.1 Å². The Labute approximate surface area is 113 Å². The van der Waals surface area contributed by atoms with Gasteiger partial charge in [0.2, 0.25) is 0 Å². The van der Waals surface area contributed by atoms with Crippen LogP contribution in [0.5, 0.6) is 0 Å². The number of carbonyl (C=O) groups excluding carboxylic acids is 1. The largest absolute Gasteiger partial charge is 0.381 e. The summed E-state index contributed by atoms with van der Waals surface area (Å²) < 4.78 is 18.9. The monoisotopic (exact) mass is 265 g/mol. The molecule has 0 aliphatic carbocycles. The third kappa shape index (κ3) is 3.61. The SMILES string of the molecule is CN(Cc1ccccc1F)CC1(C=O)CCOCC1. The zero-order valence-corrected chi connectivity index (χ0v) is 11.3. The normalized spacial score (nSPS) is 18.5. The lowest BCUT2D eigenvalue weighted by molar-refractivity contribution is -0.122. The number of aldehydes is 1. The van der Waals surface area contributed by atoms with Crippen molar-refractivity contribution in [1.29, 1.82) is 0 Å². The van der Waals surface area contributed by atoms with Gasteiger partial charge in [0.05, 0.1) is 0 Å². The fourth-order valence-electron chi connectivity index (χ4n) is 2.60. The highest BCUT2D eigenvalue weighted by Crippen LogP contribution is 2.29. The standard InChI is InChI=1S/C15H20FNO2/c1-17(10-13-4-2-3-5-14(13)16)11-15(12-18)6-8-19-9-7-15/h2-5,12H,6-11H2,1H3. The van der Waals surface area contributed by atoms with Crippen LogP contribution in [0.1, 0.15) is 18.4 Å². The van der Waals surface area contributed by atoms with Crippen LogP contribution in [0.15, 0.2) is 24.3 Å². The molecule has 1 aromatic rings. The fourth-order valence-corrected chi connectivity index (χ4v) is 2.60. The molecule has 1 fully saturated rings. The van der Waals surface area contributed by atoms with Crippen LogP contribution < -0.4 is 0 Å². The van der Waals surface area contributed by atoms with Crippen molar-refractivity contribution in [2.75, 3.05) is 26.8 Å². The van der Waals surface area contributed by atoms with Crippen molar-refractivity contribution in [2.45, 2.75) is 19.4 Å². The van der Waals surface area contributed by atoms with E-state index >= 15 is 0 Å². The van der Waals surface area contributed by atoms with E-state index in [9.17, 15) is 9.18 Å². The van der Waals surface area contributed by atoms with Gasteiger partial charge in [-0.2, -0.15) is 0 Å². The molecule has 1 aliphatic rings. The first-order valence-corrected chi connectivity index (χ1v) is 6.61. The summed E-state index contributed by atoms with van der Waals surface area (Å²) in [6.07, 6.45) is 2.55. The van der Waals surface area contributed by atoms with Gasteiger partial charge < -0.3 is 14.4 Å². The number of benzene rings is 1. The lowest BCUT2D eigenvalue weighted by atomic mass is 9.81. The zero-order valence-electron chi connectivity index (χ0n) is 11.3. The Bertz CT molecular complexity index is 430. The van der Waals surface area contributed by atoms with Crippen molar-refractivity contribution >= 4 is 6.29 Å².